The van der Waals surface area contributed by atoms with E-state index in [0.717, 1.165) is 11.8 Å². The van der Waals surface area contributed by atoms with Crippen LogP contribution in [0.5, 0.6) is 5.88 Å². The van der Waals surface area contributed by atoms with Crippen molar-refractivity contribution in [2.45, 2.75) is 12.5 Å². The first-order chi connectivity index (χ1) is 11.0. The molecule has 1 aromatic heterocycles. The molecule has 0 saturated carbocycles. The SMILES string of the molecule is COC(=O)[C@H](Cc1ccccc1)N=Cc1c(O)[nH]c(=S)[nH]c1=O. The molecule has 0 radical (unpaired) electrons. The zero-order valence-electron chi connectivity index (χ0n) is 12.3. The van der Waals surface area contributed by atoms with Gasteiger partial charge in [0.05, 0.1) is 7.11 Å². The monoisotopic (exact) mass is 333 g/mol. The minimum Gasteiger partial charge on any atom is -0.494 e. The first-order valence-corrected chi connectivity index (χ1v) is 7.12. The number of hydrogen-bond donors (Lipinski definition) is 3. The summed E-state index contributed by atoms with van der Waals surface area (Å²) in [4.78, 5) is 32.4. The highest BCUT2D eigenvalue weighted by Gasteiger charge is 2.18. The van der Waals surface area contributed by atoms with Crippen LogP contribution in [0.1, 0.15) is 11.1 Å². The lowest BCUT2D eigenvalue weighted by Crippen LogP contribution is -2.24. The van der Waals surface area contributed by atoms with E-state index < -0.39 is 23.5 Å². The van der Waals surface area contributed by atoms with Gasteiger partial charge in [0, 0.05) is 12.6 Å². The number of nitrogens with zero attached hydrogens (tertiary/aromatic N) is 1. The molecule has 1 heterocycles. The first-order valence-electron chi connectivity index (χ1n) is 6.71. The second kappa shape index (κ2) is 7.50. The van der Waals surface area contributed by atoms with Gasteiger partial charge in [0.25, 0.3) is 5.56 Å². The summed E-state index contributed by atoms with van der Waals surface area (Å²) in [6.45, 7) is 0. The Balaban J connectivity index is 2.29. The molecular weight excluding hydrogens is 318 g/mol. The lowest BCUT2D eigenvalue weighted by Gasteiger charge is -2.10. The van der Waals surface area contributed by atoms with Crippen molar-refractivity contribution in [3.63, 3.8) is 0 Å². The third kappa shape index (κ3) is 4.36. The summed E-state index contributed by atoms with van der Waals surface area (Å²) in [5, 5.41) is 9.72. The van der Waals surface area contributed by atoms with Crippen LogP contribution in [0.4, 0.5) is 0 Å². The standard InChI is InChI=1S/C15H15N3O4S/c1-22-14(21)11(7-9-5-3-2-4-6-9)16-8-10-12(19)17-15(23)18-13(10)20/h2-6,8,11H,7H2,1H3,(H3,17,18,19,20,23)/t11-/m0/s1. The molecule has 0 amide bonds. The minimum atomic E-state index is -0.829. The largest absolute Gasteiger partial charge is 0.494 e. The first kappa shape index (κ1) is 16.6. The van der Waals surface area contributed by atoms with Gasteiger partial charge in [0.1, 0.15) is 5.56 Å². The van der Waals surface area contributed by atoms with E-state index in [1.165, 1.54) is 7.11 Å². The van der Waals surface area contributed by atoms with Crippen molar-refractivity contribution in [1.29, 1.82) is 0 Å². The smallest absolute Gasteiger partial charge is 0.330 e. The van der Waals surface area contributed by atoms with Crippen LogP contribution < -0.4 is 5.56 Å². The molecule has 0 unspecified atom stereocenters. The molecule has 1 aromatic carbocycles. The summed E-state index contributed by atoms with van der Waals surface area (Å²) in [6.07, 6.45) is 1.44. The van der Waals surface area contributed by atoms with Gasteiger partial charge in [-0.1, -0.05) is 30.3 Å². The second-order valence-corrected chi connectivity index (χ2v) is 5.09. The third-order valence-corrected chi connectivity index (χ3v) is 3.29. The van der Waals surface area contributed by atoms with Crippen molar-refractivity contribution in [1.82, 2.24) is 9.97 Å². The maximum absolute atomic E-state index is 11.9. The van der Waals surface area contributed by atoms with Crippen LogP contribution in [-0.4, -0.2) is 40.4 Å². The van der Waals surface area contributed by atoms with Gasteiger partial charge in [-0.25, -0.2) is 4.79 Å². The van der Waals surface area contributed by atoms with Gasteiger partial charge in [0.2, 0.25) is 5.88 Å². The number of aromatic amines is 2. The molecule has 0 aliphatic heterocycles. The van der Waals surface area contributed by atoms with Gasteiger partial charge in [-0.3, -0.25) is 14.8 Å². The highest BCUT2D eigenvalue weighted by Crippen LogP contribution is 2.09. The number of nitrogens with one attached hydrogen (secondary N) is 2. The van der Waals surface area contributed by atoms with Gasteiger partial charge in [-0.2, -0.15) is 0 Å². The summed E-state index contributed by atoms with van der Waals surface area (Å²) in [5.74, 6) is -0.948. The number of esters is 1. The number of aliphatic imine (C=N–C) groups is 1. The highest BCUT2D eigenvalue weighted by atomic mass is 32.1. The van der Waals surface area contributed by atoms with Crippen LogP contribution in [0.3, 0.4) is 0 Å². The van der Waals surface area contributed by atoms with Crippen molar-refractivity contribution >= 4 is 24.4 Å². The van der Waals surface area contributed by atoms with Crippen molar-refractivity contribution in [2.24, 2.45) is 4.99 Å². The van der Waals surface area contributed by atoms with Gasteiger partial charge >= 0.3 is 5.97 Å². The molecule has 2 rings (SSSR count). The van der Waals surface area contributed by atoms with Crippen molar-refractivity contribution in [3.8, 4) is 5.88 Å². The molecule has 3 N–H and O–H groups in total. The summed E-state index contributed by atoms with van der Waals surface area (Å²) in [5.41, 5.74) is 0.185. The van der Waals surface area contributed by atoms with Crippen LogP contribution in [0.25, 0.3) is 0 Å². The minimum absolute atomic E-state index is 0.00143. The summed E-state index contributed by atoms with van der Waals surface area (Å²) in [7, 11) is 1.26. The maximum Gasteiger partial charge on any atom is 0.330 e. The predicted molar refractivity (Wildman–Crippen MR) is 87.5 cm³/mol. The normalized spacial score (nSPS) is 12.2. The van der Waals surface area contributed by atoms with Crippen LogP contribution in [-0.2, 0) is 16.0 Å². The summed E-state index contributed by atoms with van der Waals surface area (Å²) in [6, 6.07) is 8.45. The van der Waals surface area contributed by atoms with E-state index in [1.807, 2.05) is 30.3 Å². The van der Waals surface area contributed by atoms with Gasteiger partial charge in [0.15, 0.2) is 10.8 Å². The second-order valence-electron chi connectivity index (χ2n) is 4.68. The molecule has 2 aromatic rings. The molecule has 23 heavy (non-hydrogen) atoms. The van der Waals surface area contributed by atoms with Crippen LogP contribution in [0.2, 0.25) is 0 Å². The molecule has 0 aliphatic carbocycles. The fraction of sp³-hybridized carbons (Fsp3) is 0.200. The van der Waals surface area contributed by atoms with Crippen molar-refractivity contribution in [3.05, 3.63) is 56.6 Å². The van der Waals surface area contributed by atoms with Crippen LogP contribution in [0.15, 0.2) is 40.1 Å². The van der Waals surface area contributed by atoms with E-state index in [9.17, 15) is 14.7 Å². The summed E-state index contributed by atoms with van der Waals surface area (Å²) >= 11 is 4.74. The number of rotatable bonds is 5. The van der Waals surface area contributed by atoms with E-state index in [2.05, 4.69) is 15.0 Å². The van der Waals surface area contributed by atoms with Crippen LogP contribution in [0, 0.1) is 4.77 Å². The average molecular weight is 333 g/mol. The number of carbonyl (C=O) groups is 1. The lowest BCUT2D eigenvalue weighted by molar-refractivity contribution is -0.142. The van der Waals surface area contributed by atoms with Crippen LogP contribution >= 0.6 is 12.2 Å². The molecule has 0 bridgehead atoms. The Labute approximate surface area is 136 Å². The Hall–Kier alpha value is -2.74. The van der Waals surface area contributed by atoms with Crippen molar-refractivity contribution in [2.75, 3.05) is 7.11 Å². The Morgan fingerprint density at radius 3 is 2.70 bits per heavy atom. The van der Waals surface area contributed by atoms with Crippen molar-refractivity contribution < 1.29 is 14.6 Å². The van der Waals surface area contributed by atoms with E-state index in [0.29, 0.717) is 6.42 Å². The molecule has 0 spiro atoms. The highest BCUT2D eigenvalue weighted by molar-refractivity contribution is 7.71. The molecule has 120 valence electrons. The maximum atomic E-state index is 11.9. The quantitative estimate of drug-likeness (QED) is 0.435. The molecular formula is C15H15N3O4S. The fourth-order valence-electron chi connectivity index (χ4n) is 1.94. The van der Waals surface area contributed by atoms with E-state index in [1.54, 1.807) is 0 Å². The molecule has 8 heteroatoms. The zero-order chi connectivity index (χ0) is 16.8. The number of hydrogen-bond acceptors (Lipinski definition) is 6. The van der Waals surface area contributed by atoms with Gasteiger partial charge in [-0.15, -0.1) is 0 Å². The fourth-order valence-corrected chi connectivity index (χ4v) is 2.13. The number of aromatic nitrogens is 2. The topological polar surface area (TPSA) is 108 Å². The predicted octanol–water partition coefficient (Wildman–Crippen LogP) is 1.34. The Bertz CT molecular complexity index is 827. The molecule has 1 atom stereocenters. The van der Waals surface area contributed by atoms with Gasteiger partial charge in [-0.05, 0) is 17.8 Å². The van der Waals surface area contributed by atoms with E-state index in [4.69, 9.17) is 17.0 Å². The summed E-state index contributed by atoms with van der Waals surface area (Å²) < 4.78 is 4.73. The zero-order valence-corrected chi connectivity index (χ0v) is 13.1. The Morgan fingerprint density at radius 2 is 2.09 bits per heavy atom. The number of methoxy groups -OCH3 is 1. The van der Waals surface area contributed by atoms with Gasteiger partial charge < -0.3 is 14.8 Å². The third-order valence-electron chi connectivity index (χ3n) is 3.09. The average Bonchev–Trinajstić information content (AvgIpc) is 2.53. The van der Waals surface area contributed by atoms with E-state index in [-0.39, 0.29) is 10.3 Å². The number of carbonyl (C=O) groups excluding carboxylic acids is 1. The molecule has 0 aliphatic rings. The number of aromatic hydroxyl groups is 1. The molecule has 0 fully saturated rings. The Morgan fingerprint density at radius 1 is 1.39 bits per heavy atom. The molecule has 7 nitrogen and oxygen atoms in total. The number of H-pyrrole nitrogens is 2. The Kier molecular flexibility index (Phi) is 5.42. The number of ether oxygens (including phenoxy) is 1. The number of benzene rings is 1. The molecule has 0 saturated heterocycles. The lowest BCUT2D eigenvalue weighted by atomic mass is 10.1. The van der Waals surface area contributed by atoms with E-state index >= 15 is 0 Å².